The average molecular weight is 286 g/mol. The highest BCUT2D eigenvalue weighted by atomic mass is 16.3. The van der Waals surface area contributed by atoms with Crippen LogP contribution in [0.5, 0.6) is 0 Å². The number of rotatable bonds is 7. The predicted octanol–water partition coefficient (Wildman–Crippen LogP) is 3.54. The molecule has 1 aromatic heterocycles. The number of hydrogen-bond acceptors (Lipinski definition) is 3. The van der Waals surface area contributed by atoms with Gasteiger partial charge in [-0.05, 0) is 43.6 Å². The number of oxazole rings is 1. The van der Waals surface area contributed by atoms with E-state index in [9.17, 15) is 4.79 Å². The van der Waals surface area contributed by atoms with Gasteiger partial charge in [0, 0.05) is 18.4 Å². The lowest BCUT2D eigenvalue weighted by Gasteiger charge is -2.15. The molecule has 1 amide bonds. The minimum atomic E-state index is -0.225. The number of aromatic nitrogens is 1. The number of carbonyl (C=O) groups excluding carboxylic acids is 1. The fraction of sp³-hybridized carbons (Fsp3) is 0.529. The number of nitrogens with two attached hydrogens (primary N) is 1. The molecule has 1 unspecified atom stereocenters. The minimum Gasteiger partial charge on any atom is -0.440 e. The van der Waals surface area contributed by atoms with Gasteiger partial charge in [-0.25, -0.2) is 4.98 Å². The molecule has 4 nitrogen and oxygen atoms in total. The smallest absolute Gasteiger partial charge is 0.217 e. The molecule has 2 aromatic rings. The van der Waals surface area contributed by atoms with Crippen LogP contribution in [0.25, 0.3) is 11.1 Å². The molecule has 1 saturated carbocycles. The first kappa shape index (κ1) is 14.1. The zero-order chi connectivity index (χ0) is 14.8. The predicted molar refractivity (Wildman–Crippen MR) is 81.9 cm³/mol. The van der Waals surface area contributed by atoms with Crippen molar-refractivity contribution in [2.45, 2.75) is 51.4 Å². The molecule has 4 heteroatoms. The number of aryl methyl sites for hydroxylation is 1. The summed E-state index contributed by atoms with van der Waals surface area (Å²) in [7, 11) is 0. The summed E-state index contributed by atoms with van der Waals surface area (Å²) in [5.41, 5.74) is 8.36. The number of fused-ring (bicyclic) bond motifs is 1. The first-order valence-electron chi connectivity index (χ1n) is 7.85. The van der Waals surface area contributed by atoms with Gasteiger partial charge >= 0.3 is 0 Å². The first-order chi connectivity index (χ1) is 10.2. The van der Waals surface area contributed by atoms with E-state index in [1.165, 1.54) is 18.4 Å². The topological polar surface area (TPSA) is 69.1 Å². The van der Waals surface area contributed by atoms with Crippen molar-refractivity contribution < 1.29 is 9.21 Å². The molecule has 2 N–H and O–H groups in total. The van der Waals surface area contributed by atoms with E-state index in [1.54, 1.807) is 0 Å². The maximum Gasteiger partial charge on any atom is 0.217 e. The number of carbonyl (C=O) groups is 1. The van der Waals surface area contributed by atoms with Gasteiger partial charge in [0.1, 0.15) is 5.52 Å². The van der Waals surface area contributed by atoms with Gasteiger partial charge in [0.2, 0.25) is 5.91 Å². The maximum atomic E-state index is 11.1. The Labute approximate surface area is 124 Å². The van der Waals surface area contributed by atoms with Gasteiger partial charge < -0.3 is 10.2 Å². The van der Waals surface area contributed by atoms with Crippen LogP contribution in [-0.2, 0) is 11.2 Å². The Morgan fingerprint density at radius 3 is 2.95 bits per heavy atom. The van der Waals surface area contributed by atoms with E-state index in [-0.39, 0.29) is 5.91 Å². The summed E-state index contributed by atoms with van der Waals surface area (Å²) in [6.45, 7) is 2.12. The summed E-state index contributed by atoms with van der Waals surface area (Å²) < 4.78 is 5.98. The lowest BCUT2D eigenvalue weighted by Crippen LogP contribution is -2.13. The highest BCUT2D eigenvalue weighted by Gasteiger charge is 2.34. The summed E-state index contributed by atoms with van der Waals surface area (Å²) >= 11 is 0. The summed E-state index contributed by atoms with van der Waals surface area (Å²) in [6.07, 6.45) is 5.60. The minimum absolute atomic E-state index is 0.225. The van der Waals surface area contributed by atoms with Crippen LogP contribution >= 0.6 is 0 Å². The number of benzene rings is 1. The number of para-hydroxylation sites is 1. The van der Waals surface area contributed by atoms with Crippen molar-refractivity contribution in [1.29, 1.82) is 0 Å². The molecule has 112 valence electrons. The molecule has 0 radical (unpaired) electrons. The normalized spacial score (nSPS) is 16.2. The Balaban J connectivity index is 1.94. The standard InChI is InChI=1S/C17H22N2O2/c1-2-4-16-19-14-6-3-5-13(17(14)21-16)12(11-7-8-11)9-10-15(18)20/h3,5-6,11-12H,2,4,7-10H2,1H3,(H2,18,20). The van der Waals surface area contributed by atoms with Gasteiger partial charge in [-0.2, -0.15) is 0 Å². The number of nitrogens with zero attached hydrogens (tertiary/aromatic N) is 1. The van der Waals surface area contributed by atoms with Crippen LogP contribution in [-0.4, -0.2) is 10.9 Å². The lowest BCUT2D eigenvalue weighted by atomic mass is 9.89. The largest absolute Gasteiger partial charge is 0.440 e. The molecule has 1 atom stereocenters. The van der Waals surface area contributed by atoms with Crippen LogP contribution < -0.4 is 5.73 Å². The van der Waals surface area contributed by atoms with Crippen molar-refractivity contribution in [2.24, 2.45) is 11.7 Å². The molecule has 0 spiro atoms. The van der Waals surface area contributed by atoms with Crippen molar-refractivity contribution in [2.75, 3.05) is 0 Å². The van der Waals surface area contributed by atoms with Crippen LogP contribution in [0.15, 0.2) is 22.6 Å². The molecule has 1 heterocycles. The Morgan fingerprint density at radius 1 is 1.48 bits per heavy atom. The van der Waals surface area contributed by atoms with E-state index in [0.717, 1.165) is 36.3 Å². The molecule has 3 rings (SSSR count). The molecule has 0 bridgehead atoms. The van der Waals surface area contributed by atoms with Crippen molar-refractivity contribution in [1.82, 2.24) is 4.98 Å². The average Bonchev–Trinajstić information content (AvgIpc) is 3.19. The van der Waals surface area contributed by atoms with E-state index in [2.05, 4.69) is 18.0 Å². The highest BCUT2D eigenvalue weighted by Crippen LogP contribution is 2.46. The monoisotopic (exact) mass is 286 g/mol. The van der Waals surface area contributed by atoms with E-state index in [4.69, 9.17) is 10.2 Å². The maximum absolute atomic E-state index is 11.1. The van der Waals surface area contributed by atoms with Gasteiger partial charge in [0.25, 0.3) is 0 Å². The van der Waals surface area contributed by atoms with Gasteiger partial charge in [-0.15, -0.1) is 0 Å². The molecule has 1 aliphatic rings. The van der Waals surface area contributed by atoms with Crippen molar-refractivity contribution in [3.8, 4) is 0 Å². The Bertz CT molecular complexity index is 643. The fourth-order valence-electron chi connectivity index (χ4n) is 3.07. The Hall–Kier alpha value is -1.84. The number of primary amides is 1. The molecular weight excluding hydrogens is 264 g/mol. The third kappa shape index (κ3) is 3.09. The number of hydrogen-bond donors (Lipinski definition) is 1. The first-order valence-corrected chi connectivity index (χ1v) is 7.85. The molecular formula is C17H22N2O2. The lowest BCUT2D eigenvalue weighted by molar-refractivity contribution is -0.118. The molecule has 0 aliphatic heterocycles. The summed E-state index contributed by atoms with van der Waals surface area (Å²) in [4.78, 5) is 15.7. The quantitative estimate of drug-likeness (QED) is 0.846. The second-order valence-corrected chi connectivity index (χ2v) is 6.00. The van der Waals surface area contributed by atoms with Crippen molar-refractivity contribution in [3.63, 3.8) is 0 Å². The van der Waals surface area contributed by atoms with Crippen LogP contribution in [0, 0.1) is 5.92 Å². The van der Waals surface area contributed by atoms with Gasteiger partial charge in [-0.1, -0.05) is 19.1 Å². The summed E-state index contributed by atoms with van der Waals surface area (Å²) in [6, 6.07) is 6.16. The zero-order valence-electron chi connectivity index (χ0n) is 12.5. The number of amides is 1. The van der Waals surface area contributed by atoms with Crippen LogP contribution in [0.2, 0.25) is 0 Å². The highest BCUT2D eigenvalue weighted by molar-refractivity contribution is 5.77. The second kappa shape index (κ2) is 5.88. The fourth-order valence-corrected chi connectivity index (χ4v) is 3.07. The Morgan fingerprint density at radius 2 is 2.29 bits per heavy atom. The summed E-state index contributed by atoms with van der Waals surface area (Å²) in [5, 5.41) is 0. The van der Waals surface area contributed by atoms with E-state index in [1.807, 2.05) is 12.1 Å². The van der Waals surface area contributed by atoms with Crippen LogP contribution in [0.3, 0.4) is 0 Å². The van der Waals surface area contributed by atoms with Crippen molar-refractivity contribution in [3.05, 3.63) is 29.7 Å². The van der Waals surface area contributed by atoms with Crippen molar-refractivity contribution >= 4 is 17.0 Å². The molecule has 1 aliphatic carbocycles. The van der Waals surface area contributed by atoms with E-state index >= 15 is 0 Å². The SMILES string of the molecule is CCCc1nc2cccc(C(CCC(N)=O)C3CC3)c2o1. The molecule has 1 fully saturated rings. The van der Waals surface area contributed by atoms with Gasteiger partial charge in [-0.3, -0.25) is 4.79 Å². The third-order valence-corrected chi connectivity index (χ3v) is 4.25. The van der Waals surface area contributed by atoms with Crippen LogP contribution in [0.4, 0.5) is 0 Å². The third-order valence-electron chi connectivity index (χ3n) is 4.25. The van der Waals surface area contributed by atoms with Gasteiger partial charge in [0.15, 0.2) is 11.5 Å². The van der Waals surface area contributed by atoms with E-state index < -0.39 is 0 Å². The molecule has 21 heavy (non-hydrogen) atoms. The molecule has 1 aromatic carbocycles. The zero-order valence-corrected chi connectivity index (χ0v) is 12.5. The van der Waals surface area contributed by atoms with Crippen LogP contribution in [0.1, 0.15) is 56.4 Å². The Kier molecular flexibility index (Phi) is 3.95. The van der Waals surface area contributed by atoms with E-state index in [0.29, 0.717) is 18.3 Å². The molecule has 0 saturated heterocycles. The van der Waals surface area contributed by atoms with Gasteiger partial charge in [0.05, 0.1) is 0 Å². The summed E-state index contributed by atoms with van der Waals surface area (Å²) in [5.74, 6) is 1.61. The second-order valence-electron chi connectivity index (χ2n) is 6.00.